The van der Waals surface area contributed by atoms with Crippen molar-refractivity contribution in [3.63, 3.8) is 0 Å². The quantitative estimate of drug-likeness (QED) is 0.604. The zero-order valence-electron chi connectivity index (χ0n) is 14.9. The summed E-state index contributed by atoms with van der Waals surface area (Å²) < 4.78 is 0. The average Bonchev–Trinajstić information content (AvgIpc) is 2.28. The summed E-state index contributed by atoms with van der Waals surface area (Å²) in [6.45, 7) is 21.8. The second kappa shape index (κ2) is 10.6. The molecule has 0 aliphatic carbocycles. The van der Waals surface area contributed by atoms with E-state index in [4.69, 9.17) is 0 Å². The predicted octanol–water partition coefficient (Wildman–Crippen LogP) is 2.87. The molecule has 0 saturated heterocycles. The molecule has 19 heavy (non-hydrogen) atoms. The first-order valence-electron chi connectivity index (χ1n) is 7.77. The Bertz CT molecular complexity index is 198. The minimum atomic E-state index is 0.306. The second-order valence-corrected chi connectivity index (χ2v) is 7.00. The summed E-state index contributed by atoms with van der Waals surface area (Å²) in [4.78, 5) is 0. The zero-order valence-corrected chi connectivity index (χ0v) is 14.9. The van der Waals surface area contributed by atoms with Crippen LogP contribution in [0.1, 0.15) is 55.4 Å². The zero-order chi connectivity index (χ0) is 15.5. The molecule has 0 fully saturated rings. The fraction of sp³-hybridized carbons (Fsp3) is 1.00. The lowest BCUT2D eigenvalue weighted by molar-refractivity contribution is 0.270. The Morgan fingerprint density at radius 3 is 1.58 bits per heavy atom. The molecule has 3 N–H and O–H groups in total. The molecule has 118 valence electrons. The largest absolute Gasteiger partial charge is 0.319 e. The van der Waals surface area contributed by atoms with E-state index in [-0.39, 0.29) is 0 Å². The van der Waals surface area contributed by atoms with Crippen LogP contribution in [0, 0.1) is 10.8 Å². The van der Waals surface area contributed by atoms with Gasteiger partial charge in [0.2, 0.25) is 0 Å². The van der Waals surface area contributed by atoms with Crippen molar-refractivity contribution in [2.45, 2.75) is 61.4 Å². The molecule has 3 heteroatoms. The van der Waals surface area contributed by atoms with E-state index in [1.165, 1.54) is 0 Å². The van der Waals surface area contributed by atoms with Gasteiger partial charge in [0.25, 0.3) is 0 Å². The van der Waals surface area contributed by atoms with Crippen LogP contribution in [-0.4, -0.2) is 39.3 Å². The van der Waals surface area contributed by atoms with Gasteiger partial charge >= 0.3 is 0 Å². The van der Waals surface area contributed by atoms with Gasteiger partial charge in [0, 0.05) is 32.2 Å². The number of hydrogen-bond donors (Lipinski definition) is 3. The molecular formula is C16H39N3. The Morgan fingerprint density at radius 2 is 1.21 bits per heavy atom. The van der Waals surface area contributed by atoms with Crippen LogP contribution in [0.15, 0.2) is 0 Å². The maximum absolute atomic E-state index is 3.59. The lowest BCUT2D eigenvalue weighted by atomic mass is 9.90. The van der Waals surface area contributed by atoms with Crippen LogP contribution in [0.3, 0.4) is 0 Å². The van der Waals surface area contributed by atoms with Crippen molar-refractivity contribution >= 4 is 0 Å². The predicted molar refractivity (Wildman–Crippen MR) is 88.8 cm³/mol. The van der Waals surface area contributed by atoms with Gasteiger partial charge in [-0.1, -0.05) is 55.4 Å². The van der Waals surface area contributed by atoms with Crippen LogP contribution in [0.2, 0.25) is 0 Å². The molecule has 0 saturated carbocycles. The minimum Gasteiger partial charge on any atom is -0.319 e. The lowest BCUT2D eigenvalue weighted by Gasteiger charge is -2.30. The fourth-order valence-corrected chi connectivity index (χ4v) is 1.82. The smallest absolute Gasteiger partial charge is 0.00170 e. The van der Waals surface area contributed by atoms with Crippen molar-refractivity contribution in [1.82, 2.24) is 16.0 Å². The molecule has 0 aliphatic rings. The standard InChI is InChI=1S/C14H33N3.C2H6/c1-12(2)17-11-14(5,6)10-16-9-13(3,4)8-15-7;1-2/h12,15-17H,8-11H2,1-7H3;1-2H3. The van der Waals surface area contributed by atoms with E-state index in [1.54, 1.807) is 0 Å². The Balaban J connectivity index is 0. The van der Waals surface area contributed by atoms with Crippen LogP contribution in [0.25, 0.3) is 0 Å². The topological polar surface area (TPSA) is 36.1 Å². The summed E-state index contributed by atoms with van der Waals surface area (Å²) in [7, 11) is 2.01. The normalized spacial score (nSPS) is 12.3. The monoisotopic (exact) mass is 273 g/mol. The molecule has 0 aromatic carbocycles. The molecule has 0 radical (unpaired) electrons. The number of rotatable bonds is 9. The molecule has 0 unspecified atom stereocenters. The van der Waals surface area contributed by atoms with Gasteiger partial charge in [0.05, 0.1) is 0 Å². The van der Waals surface area contributed by atoms with E-state index in [0.29, 0.717) is 16.9 Å². The van der Waals surface area contributed by atoms with E-state index in [9.17, 15) is 0 Å². The van der Waals surface area contributed by atoms with E-state index >= 15 is 0 Å². The van der Waals surface area contributed by atoms with Crippen LogP contribution in [0.4, 0.5) is 0 Å². The number of hydrogen-bond acceptors (Lipinski definition) is 3. The highest BCUT2D eigenvalue weighted by Gasteiger charge is 2.21. The van der Waals surface area contributed by atoms with E-state index in [2.05, 4.69) is 57.5 Å². The molecule has 0 amide bonds. The Morgan fingerprint density at radius 1 is 0.789 bits per heavy atom. The molecule has 0 aromatic heterocycles. The van der Waals surface area contributed by atoms with Crippen LogP contribution in [0.5, 0.6) is 0 Å². The van der Waals surface area contributed by atoms with Gasteiger partial charge in [-0.15, -0.1) is 0 Å². The van der Waals surface area contributed by atoms with Crippen molar-refractivity contribution in [3.05, 3.63) is 0 Å². The second-order valence-electron chi connectivity index (χ2n) is 7.00. The first-order valence-corrected chi connectivity index (χ1v) is 7.77. The molecule has 3 nitrogen and oxygen atoms in total. The molecule has 0 bridgehead atoms. The maximum atomic E-state index is 3.59. The highest BCUT2D eigenvalue weighted by molar-refractivity contribution is 4.79. The van der Waals surface area contributed by atoms with Crippen LogP contribution >= 0.6 is 0 Å². The first kappa shape index (κ1) is 21.2. The third kappa shape index (κ3) is 14.1. The molecular weight excluding hydrogens is 234 g/mol. The van der Waals surface area contributed by atoms with Crippen molar-refractivity contribution in [3.8, 4) is 0 Å². The molecule has 0 rings (SSSR count). The number of nitrogens with one attached hydrogen (secondary N) is 3. The summed E-state index contributed by atoms with van der Waals surface area (Å²) >= 11 is 0. The molecule has 0 spiro atoms. The Labute approximate surface area is 122 Å². The first-order chi connectivity index (χ1) is 8.68. The Kier molecular flexibility index (Phi) is 11.9. The third-order valence-electron chi connectivity index (χ3n) is 2.85. The van der Waals surface area contributed by atoms with Gasteiger partial charge in [-0.3, -0.25) is 0 Å². The van der Waals surface area contributed by atoms with E-state index < -0.39 is 0 Å². The molecule has 0 aliphatic heterocycles. The van der Waals surface area contributed by atoms with E-state index in [1.807, 2.05) is 20.9 Å². The van der Waals surface area contributed by atoms with Gasteiger partial charge in [0.1, 0.15) is 0 Å². The van der Waals surface area contributed by atoms with Crippen molar-refractivity contribution in [2.24, 2.45) is 10.8 Å². The Hall–Kier alpha value is -0.120. The molecule has 0 aromatic rings. The summed E-state index contributed by atoms with van der Waals surface area (Å²) in [5.74, 6) is 0. The maximum Gasteiger partial charge on any atom is 0.00170 e. The SMILES string of the molecule is CC.CNCC(C)(C)CNCC(C)(C)CNC(C)C. The summed E-state index contributed by atoms with van der Waals surface area (Å²) in [5.41, 5.74) is 0.621. The van der Waals surface area contributed by atoms with Gasteiger partial charge < -0.3 is 16.0 Å². The van der Waals surface area contributed by atoms with Gasteiger partial charge in [-0.2, -0.15) is 0 Å². The fourth-order valence-electron chi connectivity index (χ4n) is 1.82. The average molecular weight is 274 g/mol. The van der Waals surface area contributed by atoms with Crippen LogP contribution in [-0.2, 0) is 0 Å². The van der Waals surface area contributed by atoms with Gasteiger partial charge in [0.15, 0.2) is 0 Å². The minimum absolute atomic E-state index is 0.306. The summed E-state index contributed by atoms with van der Waals surface area (Å²) in [6.07, 6.45) is 0. The molecule has 0 atom stereocenters. The lowest BCUT2D eigenvalue weighted by Crippen LogP contribution is -2.44. The molecule has 0 heterocycles. The highest BCUT2D eigenvalue weighted by Crippen LogP contribution is 2.15. The van der Waals surface area contributed by atoms with Crippen molar-refractivity contribution in [2.75, 3.05) is 33.2 Å². The third-order valence-corrected chi connectivity index (χ3v) is 2.85. The van der Waals surface area contributed by atoms with Gasteiger partial charge in [-0.05, 0) is 17.9 Å². The summed E-state index contributed by atoms with van der Waals surface area (Å²) in [6, 6.07) is 0.565. The van der Waals surface area contributed by atoms with Gasteiger partial charge in [-0.25, -0.2) is 0 Å². The highest BCUT2D eigenvalue weighted by atomic mass is 15.0. The van der Waals surface area contributed by atoms with Crippen molar-refractivity contribution in [1.29, 1.82) is 0 Å². The van der Waals surface area contributed by atoms with E-state index in [0.717, 1.165) is 26.2 Å². The summed E-state index contributed by atoms with van der Waals surface area (Å²) in [5, 5.41) is 10.3. The van der Waals surface area contributed by atoms with Crippen molar-refractivity contribution < 1.29 is 0 Å². The van der Waals surface area contributed by atoms with Crippen LogP contribution < -0.4 is 16.0 Å².